The molecule has 0 fully saturated rings. The summed E-state index contributed by atoms with van der Waals surface area (Å²) >= 11 is 6.13. The molecule has 0 aliphatic heterocycles. The Labute approximate surface area is 216 Å². The molecule has 0 aliphatic carbocycles. The maximum atomic E-state index is 13.5. The van der Waals surface area contributed by atoms with Crippen molar-refractivity contribution in [3.8, 4) is 0 Å². The average molecular weight is 555 g/mol. The summed E-state index contributed by atoms with van der Waals surface area (Å²) < 4.78 is 72.6. The fourth-order valence-electron chi connectivity index (χ4n) is 3.42. The Bertz CT molecular complexity index is 1410. The number of amides is 1. The molecule has 0 saturated heterocycles. The Hall–Kier alpha value is -3.57. The van der Waals surface area contributed by atoms with Crippen LogP contribution in [-0.2, 0) is 25.7 Å². The summed E-state index contributed by atoms with van der Waals surface area (Å²) in [5.41, 5.74) is -0.910. The van der Waals surface area contributed by atoms with Gasteiger partial charge in [-0.3, -0.25) is 9.10 Å². The number of hydrogen-bond acceptors (Lipinski definition) is 5. The lowest BCUT2D eigenvalue weighted by Crippen LogP contribution is -2.38. The van der Waals surface area contributed by atoms with E-state index in [1.807, 2.05) is 0 Å². The third kappa shape index (κ3) is 6.41. The van der Waals surface area contributed by atoms with Gasteiger partial charge in [0.2, 0.25) is 5.91 Å². The molecule has 0 aromatic heterocycles. The van der Waals surface area contributed by atoms with E-state index in [-0.39, 0.29) is 27.8 Å². The molecule has 3 aromatic rings. The number of carbonyl (C=O) groups is 2. The standard InChI is InChI=1S/C25H22ClF3N2O5S/c1-3-36-24(33)19-10-7-11-21(16(19)2)30-23(32)15-31(37(34,35)18-8-5-4-6-9-18)22-14-17(25(27,28)29)12-13-20(22)26/h4-14H,3,15H2,1-2H3,(H,30,32). The second-order valence-corrected chi connectivity index (χ2v) is 10.0. The van der Waals surface area contributed by atoms with Gasteiger partial charge >= 0.3 is 12.1 Å². The summed E-state index contributed by atoms with van der Waals surface area (Å²) in [6.45, 7) is 2.43. The number of sulfonamides is 1. The van der Waals surface area contributed by atoms with Gasteiger partial charge in [0.1, 0.15) is 6.54 Å². The van der Waals surface area contributed by atoms with Crippen LogP contribution >= 0.6 is 11.6 Å². The molecule has 1 amide bonds. The number of carbonyl (C=O) groups excluding carboxylic acids is 2. The van der Waals surface area contributed by atoms with Crippen molar-refractivity contribution in [2.75, 3.05) is 22.8 Å². The van der Waals surface area contributed by atoms with E-state index in [1.54, 1.807) is 19.9 Å². The predicted molar refractivity (Wildman–Crippen MR) is 133 cm³/mol. The summed E-state index contributed by atoms with van der Waals surface area (Å²) in [5.74, 6) is -1.49. The van der Waals surface area contributed by atoms with Gasteiger partial charge in [-0.2, -0.15) is 13.2 Å². The highest BCUT2D eigenvalue weighted by Gasteiger charge is 2.34. The molecule has 196 valence electrons. The number of halogens is 4. The van der Waals surface area contributed by atoms with Gasteiger partial charge < -0.3 is 10.1 Å². The molecule has 37 heavy (non-hydrogen) atoms. The topological polar surface area (TPSA) is 92.8 Å². The number of nitrogens with one attached hydrogen (secondary N) is 1. The van der Waals surface area contributed by atoms with E-state index >= 15 is 0 Å². The van der Waals surface area contributed by atoms with Crippen LogP contribution in [0.1, 0.15) is 28.4 Å². The van der Waals surface area contributed by atoms with Crippen molar-refractivity contribution >= 4 is 44.9 Å². The van der Waals surface area contributed by atoms with E-state index < -0.39 is 45.9 Å². The van der Waals surface area contributed by atoms with Gasteiger partial charge in [-0.05, 0) is 61.9 Å². The largest absolute Gasteiger partial charge is 0.462 e. The molecule has 12 heteroatoms. The van der Waals surface area contributed by atoms with E-state index in [9.17, 15) is 31.2 Å². The highest BCUT2D eigenvalue weighted by Crippen LogP contribution is 2.37. The van der Waals surface area contributed by atoms with Crippen molar-refractivity contribution in [2.24, 2.45) is 0 Å². The minimum absolute atomic E-state index is 0.138. The Morgan fingerprint density at radius 2 is 1.70 bits per heavy atom. The summed E-state index contributed by atoms with van der Waals surface area (Å²) in [5, 5.41) is 2.21. The van der Waals surface area contributed by atoms with Crippen molar-refractivity contribution in [2.45, 2.75) is 24.9 Å². The molecule has 0 unspecified atom stereocenters. The molecule has 1 N–H and O–H groups in total. The lowest BCUT2D eigenvalue weighted by molar-refractivity contribution is -0.137. The summed E-state index contributed by atoms with van der Waals surface area (Å²) in [4.78, 5) is 25.0. The number of hydrogen-bond donors (Lipinski definition) is 1. The van der Waals surface area contributed by atoms with Crippen LogP contribution in [0.3, 0.4) is 0 Å². The van der Waals surface area contributed by atoms with E-state index in [0.29, 0.717) is 22.0 Å². The van der Waals surface area contributed by atoms with E-state index in [0.717, 1.165) is 6.07 Å². The smallest absolute Gasteiger partial charge is 0.416 e. The minimum Gasteiger partial charge on any atom is -0.462 e. The lowest BCUT2D eigenvalue weighted by Gasteiger charge is -2.26. The third-order valence-electron chi connectivity index (χ3n) is 5.26. The fraction of sp³-hybridized carbons (Fsp3) is 0.200. The second kappa shape index (κ2) is 11.2. The average Bonchev–Trinajstić information content (AvgIpc) is 2.84. The van der Waals surface area contributed by atoms with Gasteiger partial charge in [0, 0.05) is 5.69 Å². The molecule has 0 atom stereocenters. The number of benzene rings is 3. The molecule has 0 radical (unpaired) electrons. The van der Waals surface area contributed by atoms with Gasteiger partial charge in [-0.15, -0.1) is 0 Å². The summed E-state index contributed by atoms with van der Waals surface area (Å²) in [7, 11) is -4.52. The van der Waals surface area contributed by atoms with Crippen LogP contribution in [0.2, 0.25) is 5.02 Å². The highest BCUT2D eigenvalue weighted by molar-refractivity contribution is 7.92. The molecule has 0 saturated carbocycles. The van der Waals surface area contributed by atoms with Crippen LogP contribution in [0.25, 0.3) is 0 Å². The Morgan fingerprint density at radius 3 is 2.32 bits per heavy atom. The zero-order valence-electron chi connectivity index (χ0n) is 19.7. The highest BCUT2D eigenvalue weighted by atomic mass is 35.5. The summed E-state index contributed by atoms with van der Waals surface area (Å²) in [6, 6.07) is 13.6. The summed E-state index contributed by atoms with van der Waals surface area (Å²) in [6.07, 6.45) is -4.78. The zero-order valence-corrected chi connectivity index (χ0v) is 21.2. The first-order valence-corrected chi connectivity index (χ1v) is 12.7. The van der Waals surface area contributed by atoms with E-state index in [4.69, 9.17) is 16.3 Å². The predicted octanol–water partition coefficient (Wildman–Crippen LogP) is 5.68. The second-order valence-electron chi connectivity index (χ2n) is 7.74. The van der Waals surface area contributed by atoms with Crippen LogP contribution < -0.4 is 9.62 Å². The van der Waals surface area contributed by atoms with E-state index in [2.05, 4.69) is 5.32 Å². The number of ether oxygens (including phenoxy) is 1. The number of rotatable bonds is 8. The molecule has 3 rings (SSSR count). The first-order chi connectivity index (χ1) is 17.4. The minimum atomic E-state index is -4.78. The first-order valence-electron chi connectivity index (χ1n) is 10.9. The number of esters is 1. The van der Waals surface area contributed by atoms with Crippen molar-refractivity contribution in [1.29, 1.82) is 0 Å². The Morgan fingerprint density at radius 1 is 1.03 bits per heavy atom. The molecular formula is C25H22ClF3N2O5S. The molecule has 7 nitrogen and oxygen atoms in total. The maximum absolute atomic E-state index is 13.5. The Kier molecular flexibility index (Phi) is 8.49. The van der Waals surface area contributed by atoms with Gasteiger partial charge in [-0.1, -0.05) is 35.9 Å². The van der Waals surface area contributed by atoms with Crippen LogP contribution in [-0.4, -0.2) is 33.4 Å². The fourth-order valence-corrected chi connectivity index (χ4v) is 5.14. The normalized spacial score (nSPS) is 11.6. The first kappa shape index (κ1) is 28.0. The molecule has 0 bridgehead atoms. The lowest BCUT2D eigenvalue weighted by atomic mass is 10.1. The van der Waals surface area contributed by atoms with Crippen molar-refractivity contribution < 1.29 is 35.9 Å². The van der Waals surface area contributed by atoms with Crippen molar-refractivity contribution in [3.05, 3.63) is 88.4 Å². The quantitative estimate of drug-likeness (QED) is 0.362. The van der Waals surface area contributed by atoms with Gasteiger partial charge in [0.05, 0.1) is 33.3 Å². The van der Waals surface area contributed by atoms with Gasteiger partial charge in [0.15, 0.2) is 0 Å². The monoisotopic (exact) mass is 554 g/mol. The number of alkyl halides is 3. The van der Waals surface area contributed by atoms with E-state index in [1.165, 1.54) is 42.5 Å². The van der Waals surface area contributed by atoms with Crippen LogP contribution in [0.5, 0.6) is 0 Å². The SMILES string of the molecule is CCOC(=O)c1cccc(NC(=O)CN(c2cc(C(F)(F)F)ccc2Cl)S(=O)(=O)c2ccccc2)c1C. The molecule has 0 aliphatic rings. The van der Waals surface area contributed by atoms with Crippen LogP contribution in [0, 0.1) is 6.92 Å². The third-order valence-corrected chi connectivity index (χ3v) is 7.36. The van der Waals surface area contributed by atoms with Gasteiger partial charge in [0.25, 0.3) is 10.0 Å². The number of nitrogens with zero attached hydrogens (tertiary/aromatic N) is 1. The molecule has 3 aromatic carbocycles. The van der Waals surface area contributed by atoms with Crippen molar-refractivity contribution in [3.63, 3.8) is 0 Å². The maximum Gasteiger partial charge on any atom is 0.416 e. The molecule has 0 spiro atoms. The zero-order chi connectivity index (χ0) is 27.4. The molecular weight excluding hydrogens is 533 g/mol. The van der Waals surface area contributed by atoms with Crippen molar-refractivity contribution in [1.82, 2.24) is 0 Å². The van der Waals surface area contributed by atoms with Gasteiger partial charge in [-0.25, -0.2) is 13.2 Å². The van der Waals surface area contributed by atoms with Crippen LogP contribution in [0.4, 0.5) is 24.5 Å². The number of anilines is 2. The van der Waals surface area contributed by atoms with Crippen LogP contribution in [0.15, 0.2) is 71.6 Å². The Balaban J connectivity index is 2.03. The molecule has 0 heterocycles.